The van der Waals surface area contributed by atoms with Crippen LogP contribution in [0.5, 0.6) is 0 Å². The van der Waals surface area contributed by atoms with Gasteiger partial charge in [-0.2, -0.15) is 0 Å². The van der Waals surface area contributed by atoms with Gasteiger partial charge >= 0.3 is 0 Å². The zero-order chi connectivity index (χ0) is 16.4. The topological polar surface area (TPSA) is 40.6 Å². The number of carbonyl (C=O) groups excluding carboxylic acids is 2. The Morgan fingerprint density at radius 3 is 2.22 bits per heavy atom. The molecule has 2 aromatic carbocycles. The highest BCUT2D eigenvalue weighted by atomic mass is 32.2. The summed E-state index contributed by atoms with van der Waals surface area (Å²) in [5, 5.41) is -0.266. The van der Waals surface area contributed by atoms with Crippen LogP contribution in [0.2, 0.25) is 0 Å². The van der Waals surface area contributed by atoms with Gasteiger partial charge < -0.3 is 4.90 Å². The van der Waals surface area contributed by atoms with Gasteiger partial charge in [-0.15, -0.1) is 0 Å². The fourth-order valence-electron chi connectivity index (χ4n) is 2.29. The number of benzene rings is 2. The molecule has 1 aliphatic heterocycles. The number of anilines is 2. The van der Waals surface area contributed by atoms with Crippen LogP contribution >= 0.6 is 11.8 Å². The maximum atomic E-state index is 12.5. The first-order valence-electron chi connectivity index (χ1n) is 7.16. The molecule has 0 bridgehead atoms. The van der Waals surface area contributed by atoms with Crippen molar-refractivity contribution < 1.29 is 9.59 Å². The number of amides is 2. The summed E-state index contributed by atoms with van der Waals surface area (Å²) in [6.45, 7) is 0. The molecule has 0 atom stereocenters. The molecule has 2 aromatic rings. The number of nitrogens with zero attached hydrogens (tertiary/aromatic N) is 2. The molecule has 4 nitrogen and oxygen atoms in total. The molecular formula is C18H16N2O2S. The van der Waals surface area contributed by atoms with Crippen molar-refractivity contribution in [3.05, 3.63) is 65.1 Å². The third-order valence-corrected chi connectivity index (χ3v) is 4.38. The lowest BCUT2D eigenvalue weighted by molar-refractivity contribution is -0.113. The molecular weight excluding hydrogens is 308 g/mol. The summed E-state index contributed by atoms with van der Waals surface area (Å²) in [5.74, 6) is -0.275. The van der Waals surface area contributed by atoms with Crippen LogP contribution < -0.4 is 9.80 Å². The molecule has 0 unspecified atom stereocenters. The lowest BCUT2D eigenvalue weighted by atomic mass is 10.2. The van der Waals surface area contributed by atoms with Gasteiger partial charge in [-0.05, 0) is 47.7 Å². The monoisotopic (exact) mass is 324 g/mol. The third-order valence-electron chi connectivity index (χ3n) is 3.52. The van der Waals surface area contributed by atoms with E-state index in [-0.39, 0.29) is 11.1 Å². The van der Waals surface area contributed by atoms with Crippen LogP contribution in [0.4, 0.5) is 16.2 Å². The van der Waals surface area contributed by atoms with E-state index >= 15 is 0 Å². The van der Waals surface area contributed by atoms with Crippen molar-refractivity contribution in [1.82, 2.24) is 0 Å². The van der Waals surface area contributed by atoms with Crippen molar-refractivity contribution in [1.29, 1.82) is 0 Å². The molecule has 0 N–H and O–H groups in total. The third kappa shape index (κ3) is 3.14. The Kier molecular flexibility index (Phi) is 4.21. The SMILES string of the molecule is CN(C)c1ccc(/C=C2/SC(=O)N(c3ccccc3)C2=O)cc1. The van der Waals surface area contributed by atoms with E-state index in [9.17, 15) is 9.59 Å². The van der Waals surface area contributed by atoms with Crippen molar-refractivity contribution in [2.45, 2.75) is 0 Å². The minimum atomic E-state index is -0.275. The average molecular weight is 324 g/mol. The molecule has 2 amide bonds. The molecule has 0 aliphatic carbocycles. The molecule has 116 valence electrons. The summed E-state index contributed by atoms with van der Waals surface area (Å²) >= 11 is 0.970. The van der Waals surface area contributed by atoms with Crippen LogP contribution in [0.3, 0.4) is 0 Å². The standard InChI is InChI=1S/C18H16N2O2S/c1-19(2)14-10-8-13(9-11-14)12-16-17(21)20(18(22)23-16)15-6-4-3-5-7-15/h3-12H,1-2H3/b16-12+. The van der Waals surface area contributed by atoms with Gasteiger partial charge in [-0.1, -0.05) is 30.3 Å². The Bertz CT molecular complexity index is 767. The fraction of sp³-hybridized carbons (Fsp3) is 0.111. The first-order chi connectivity index (χ1) is 11.1. The smallest absolute Gasteiger partial charge is 0.298 e. The van der Waals surface area contributed by atoms with Gasteiger partial charge in [0.1, 0.15) is 0 Å². The maximum absolute atomic E-state index is 12.5. The van der Waals surface area contributed by atoms with Gasteiger partial charge in [-0.25, -0.2) is 4.90 Å². The number of rotatable bonds is 3. The highest BCUT2D eigenvalue weighted by molar-refractivity contribution is 8.19. The quantitative estimate of drug-likeness (QED) is 0.800. The van der Waals surface area contributed by atoms with Gasteiger partial charge in [0.05, 0.1) is 10.6 Å². The molecule has 5 heteroatoms. The van der Waals surface area contributed by atoms with Crippen molar-refractivity contribution in [3.8, 4) is 0 Å². The second-order valence-electron chi connectivity index (χ2n) is 5.34. The summed E-state index contributed by atoms with van der Waals surface area (Å²) in [7, 11) is 3.94. The summed E-state index contributed by atoms with van der Waals surface area (Å²) in [4.78, 5) is 28.3. The molecule has 1 fully saturated rings. The van der Waals surface area contributed by atoms with Gasteiger partial charge in [0.2, 0.25) is 0 Å². The van der Waals surface area contributed by atoms with Crippen LogP contribution in [-0.2, 0) is 4.79 Å². The molecule has 0 saturated carbocycles. The molecule has 1 saturated heterocycles. The van der Waals surface area contributed by atoms with E-state index < -0.39 is 0 Å². The summed E-state index contributed by atoms with van der Waals surface area (Å²) in [6, 6.07) is 16.8. The summed E-state index contributed by atoms with van der Waals surface area (Å²) in [5.41, 5.74) is 2.58. The van der Waals surface area contributed by atoms with Crippen molar-refractivity contribution >= 4 is 40.4 Å². The Labute approximate surface area is 139 Å². The number of hydrogen-bond donors (Lipinski definition) is 0. The van der Waals surface area contributed by atoms with Crippen molar-refractivity contribution in [3.63, 3.8) is 0 Å². The largest absolute Gasteiger partial charge is 0.378 e. The Hall–Kier alpha value is -2.53. The van der Waals surface area contributed by atoms with Gasteiger partial charge in [0.15, 0.2) is 0 Å². The van der Waals surface area contributed by atoms with E-state index in [1.54, 1.807) is 18.2 Å². The molecule has 1 heterocycles. The van der Waals surface area contributed by atoms with Crippen LogP contribution in [0.1, 0.15) is 5.56 Å². The normalized spacial score (nSPS) is 16.3. The van der Waals surface area contributed by atoms with Gasteiger partial charge in [0, 0.05) is 19.8 Å². The van der Waals surface area contributed by atoms with E-state index in [1.165, 1.54) is 4.90 Å². The lowest BCUT2D eigenvalue weighted by Crippen LogP contribution is -2.27. The zero-order valence-corrected chi connectivity index (χ0v) is 13.7. The molecule has 0 spiro atoms. The predicted octanol–water partition coefficient (Wildman–Crippen LogP) is 3.99. The first kappa shape index (κ1) is 15.4. The fourth-order valence-corrected chi connectivity index (χ4v) is 3.13. The van der Waals surface area contributed by atoms with Crippen molar-refractivity contribution in [2.75, 3.05) is 23.9 Å². The molecule has 3 rings (SSSR count). The van der Waals surface area contributed by atoms with Crippen molar-refractivity contribution in [2.24, 2.45) is 0 Å². The predicted molar refractivity (Wildman–Crippen MR) is 95.7 cm³/mol. The van der Waals surface area contributed by atoms with E-state index in [4.69, 9.17) is 0 Å². The van der Waals surface area contributed by atoms with E-state index in [0.29, 0.717) is 10.6 Å². The van der Waals surface area contributed by atoms with E-state index in [2.05, 4.69) is 0 Å². The number of para-hydroxylation sites is 1. The average Bonchev–Trinajstić information content (AvgIpc) is 2.82. The highest BCUT2D eigenvalue weighted by Crippen LogP contribution is 2.35. The molecule has 0 radical (unpaired) electrons. The maximum Gasteiger partial charge on any atom is 0.298 e. The minimum absolute atomic E-state index is 0.266. The van der Waals surface area contributed by atoms with Crippen LogP contribution in [0.15, 0.2) is 59.5 Å². The lowest BCUT2D eigenvalue weighted by Gasteiger charge is -2.12. The minimum Gasteiger partial charge on any atom is -0.378 e. The molecule has 1 aliphatic rings. The second kappa shape index (κ2) is 6.30. The Morgan fingerprint density at radius 2 is 1.61 bits per heavy atom. The number of hydrogen-bond acceptors (Lipinski definition) is 4. The summed E-state index contributed by atoms with van der Waals surface area (Å²) in [6.07, 6.45) is 1.76. The van der Waals surface area contributed by atoms with Crippen LogP contribution in [0.25, 0.3) is 6.08 Å². The van der Waals surface area contributed by atoms with Gasteiger partial charge in [0.25, 0.3) is 11.1 Å². The zero-order valence-electron chi connectivity index (χ0n) is 12.9. The molecule has 0 aromatic heterocycles. The van der Waals surface area contributed by atoms with E-state index in [0.717, 1.165) is 23.0 Å². The Balaban J connectivity index is 1.87. The Morgan fingerprint density at radius 1 is 0.957 bits per heavy atom. The number of carbonyl (C=O) groups is 2. The number of thioether (sulfide) groups is 1. The van der Waals surface area contributed by atoms with Gasteiger partial charge in [-0.3, -0.25) is 9.59 Å². The molecule has 23 heavy (non-hydrogen) atoms. The second-order valence-corrected chi connectivity index (χ2v) is 6.33. The highest BCUT2D eigenvalue weighted by Gasteiger charge is 2.36. The summed E-state index contributed by atoms with van der Waals surface area (Å²) < 4.78 is 0. The van der Waals surface area contributed by atoms with Crippen LogP contribution in [0, 0.1) is 0 Å². The van der Waals surface area contributed by atoms with E-state index in [1.807, 2.05) is 61.5 Å². The van der Waals surface area contributed by atoms with Crippen LogP contribution in [-0.4, -0.2) is 25.2 Å². The first-order valence-corrected chi connectivity index (χ1v) is 7.98. The number of imide groups is 1.